The maximum Gasteiger partial charge on any atom is 0.310 e. The van der Waals surface area contributed by atoms with Crippen molar-refractivity contribution in [3.63, 3.8) is 0 Å². The highest BCUT2D eigenvalue weighted by Crippen LogP contribution is 2.22. The van der Waals surface area contributed by atoms with Gasteiger partial charge < -0.3 is 14.3 Å². The molecule has 0 aliphatic carbocycles. The van der Waals surface area contributed by atoms with Crippen LogP contribution in [-0.2, 0) is 20.8 Å². The number of fused-ring (bicyclic) bond motifs is 1. The normalized spacial score (nSPS) is 11.8. The van der Waals surface area contributed by atoms with Crippen molar-refractivity contribution in [2.75, 3.05) is 13.7 Å². The van der Waals surface area contributed by atoms with Gasteiger partial charge in [-0.05, 0) is 48.2 Å². The second-order valence-corrected chi connectivity index (χ2v) is 5.73. The van der Waals surface area contributed by atoms with Gasteiger partial charge in [0.05, 0.1) is 20.1 Å². The first-order valence-electron chi connectivity index (χ1n) is 8.01. The number of hydrogen-bond donors (Lipinski definition) is 0. The van der Waals surface area contributed by atoms with Crippen LogP contribution in [0.4, 0.5) is 0 Å². The Kier molecular flexibility index (Phi) is 6.56. The molecule has 2 aromatic rings. The van der Waals surface area contributed by atoms with Gasteiger partial charge in [0.2, 0.25) is 0 Å². The largest absolute Gasteiger partial charge is 0.497 e. The molecule has 1 unspecified atom stereocenters. The molecule has 25 heavy (non-hydrogen) atoms. The van der Waals surface area contributed by atoms with Crippen LogP contribution < -0.4 is 4.74 Å². The molecule has 1 atom stereocenters. The number of carbonyl (C=O) groups is 1. The summed E-state index contributed by atoms with van der Waals surface area (Å²) in [6.07, 6.45) is 0.638. The van der Waals surface area contributed by atoms with Crippen LogP contribution >= 0.6 is 0 Å². The molecule has 0 spiro atoms. The molecule has 7 heteroatoms. The maximum absolute atomic E-state index is 11.9. The van der Waals surface area contributed by atoms with E-state index in [1.807, 2.05) is 36.4 Å². The maximum atomic E-state index is 11.9. The average Bonchev–Trinajstić information content (AvgIpc) is 2.57. The summed E-state index contributed by atoms with van der Waals surface area (Å²) < 4.78 is 10.4. The van der Waals surface area contributed by atoms with Crippen molar-refractivity contribution in [2.24, 2.45) is 0 Å². The molecule has 0 heterocycles. The van der Waals surface area contributed by atoms with Gasteiger partial charge in [-0.15, -0.1) is 10.1 Å². The lowest BCUT2D eigenvalue weighted by Gasteiger charge is -2.09. The molecule has 0 aromatic heterocycles. The van der Waals surface area contributed by atoms with Gasteiger partial charge in [-0.1, -0.05) is 24.3 Å². The van der Waals surface area contributed by atoms with E-state index in [-0.39, 0.29) is 19.0 Å². The van der Waals surface area contributed by atoms with Crippen LogP contribution in [0.25, 0.3) is 10.8 Å². The van der Waals surface area contributed by atoms with E-state index in [0.29, 0.717) is 12.8 Å². The van der Waals surface area contributed by atoms with Crippen molar-refractivity contribution in [2.45, 2.75) is 32.3 Å². The van der Waals surface area contributed by atoms with E-state index in [4.69, 9.17) is 9.47 Å². The van der Waals surface area contributed by atoms with Crippen LogP contribution in [0.5, 0.6) is 5.75 Å². The SMILES string of the molecule is COc1ccc2cc(CC(=O)OCCCC(C)O[N+](=O)[O-])ccc2c1. The average molecular weight is 347 g/mol. The van der Waals surface area contributed by atoms with Gasteiger partial charge in [-0.25, -0.2) is 0 Å². The molecule has 0 amide bonds. The van der Waals surface area contributed by atoms with Gasteiger partial charge in [0.1, 0.15) is 11.9 Å². The van der Waals surface area contributed by atoms with E-state index in [0.717, 1.165) is 22.1 Å². The third kappa shape index (κ3) is 5.95. The highest BCUT2D eigenvalue weighted by atomic mass is 17.0. The monoisotopic (exact) mass is 347 g/mol. The minimum Gasteiger partial charge on any atom is -0.497 e. The number of rotatable bonds is 9. The van der Waals surface area contributed by atoms with E-state index in [9.17, 15) is 14.9 Å². The van der Waals surface area contributed by atoms with Crippen LogP contribution in [0.3, 0.4) is 0 Å². The van der Waals surface area contributed by atoms with Crippen LogP contribution in [0.2, 0.25) is 0 Å². The molecule has 0 N–H and O–H groups in total. The first kappa shape index (κ1) is 18.5. The molecule has 7 nitrogen and oxygen atoms in total. The summed E-state index contributed by atoms with van der Waals surface area (Å²) >= 11 is 0. The Morgan fingerprint density at radius 1 is 1.20 bits per heavy atom. The summed E-state index contributed by atoms with van der Waals surface area (Å²) in [4.78, 5) is 26.4. The lowest BCUT2D eigenvalue weighted by molar-refractivity contribution is -0.767. The Morgan fingerprint density at radius 3 is 2.64 bits per heavy atom. The van der Waals surface area contributed by atoms with Crippen molar-refractivity contribution >= 4 is 16.7 Å². The molecule has 134 valence electrons. The van der Waals surface area contributed by atoms with Crippen molar-refractivity contribution in [3.8, 4) is 5.75 Å². The number of ether oxygens (including phenoxy) is 2. The fourth-order valence-corrected chi connectivity index (χ4v) is 2.48. The molecule has 0 aliphatic rings. The van der Waals surface area contributed by atoms with Crippen molar-refractivity contribution in [1.29, 1.82) is 0 Å². The van der Waals surface area contributed by atoms with E-state index >= 15 is 0 Å². The van der Waals surface area contributed by atoms with Gasteiger partial charge in [0.15, 0.2) is 0 Å². The molecular formula is C18H21NO6. The van der Waals surface area contributed by atoms with Gasteiger partial charge in [-0.2, -0.15) is 0 Å². The van der Waals surface area contributed by atoms with Crippen LogP contribution in [-0.4, -0.2) is 30.9 Å². The smallest absolute Gasteiger partial charge is 0.310 e. The Hall–Kier alpha value is -2.83. The highest BCUT2D eigenvalue weighted by Gasteiger charge is 2.09. The lowest BCUT2D eigenvalue weighted by Crippen LogP contribution is -2.15. The standard InChI is InChI=1S/C18H21NO6/c1-13(25-19(21)22)4-3-9-24-18(20)11-14-5-6-16-12-17(23-2)8-7-15(16)10-14/h5-8,10,12-13H,3-4,9,11H2,1-2H3. The predicted octanol–water partition coefficient (Wildman–Crippen LogP) is 3.31. The number of esters is 1. The highest BCUT2D eigenvalue weighted by molar-refractivity contribution is 5.85. The summed E-state index contributed by atoms with van der Waals surface area (Å²) in [5.74, 6) is 0.464. The number of hydrogen-bond acceptors (Lipinski definition) is 6. The summed E-state index contributed by atoms with van der Waals surface area (Å²) in [5.41, 5.74) is 0.868. The summed E-state index contributed by atoms with van der Waals surface area (Å²) in [6, 6.07) is 11.5. The molecule has 0 radical (unpaired) electrons. The summed E-state index contributed by atoms with van der Waals surface area (Å²) in [5, 5.41) is 11.4. The van der Waals surface area contributed by atoms with Gasteiger partial charge in [0, 0.05) is 0 Å². The quantitative estimate of drug-likeness (QED) is 0.299. The van der Waals surface area contributed by atoms with E-state index < -0.39 is 11.2 Å². The molecule has 0 bridgehead atoms. The molecule has 0 saturated heterocycles. The number of benzene rings is 2. The second kappa shape index (κ2) is 8.86. The minimum absolute atomic E-state index is 0.183. The summed E-state index contributed by atoms with van der Waals surface area (Å²) in [7, 11) is 1.62. The molecule has 0 saturated carbocycles. The second-order valence-electron chi connectivity index (χ2n) is 5.73. The Morgan fingerprint density at radius 2 is 1.92 bits per heavy atom. The Balaban J connectivity index is 1.80. The van der Waals surface area contributed by atoms with E-state index in [1.165, 1.54) is 0 Å². The first-order valence-corrected chi connectivity index (χ1v) is 8.01. The molecule has 2 rings (SSSR count). The zero-order valence-electron chi connectivity index (χ0n) is 14.3. The van der Waals surface area contributed by atoms with E-state index in [2.05, 4.69) is 4.84 Å². The van der Waals surface area contributed by atoms with Gasteiger partial charge >= 0.3 is 5.97 Å². The number of methoxy groups -OCH3 is 1. The Bertz CT molecular complexity index is 745. The van der Waals surface area contributed by atoms with Crippen molar-refractivity contribution < 1.29 is 24.2 Å². The molecular weight excluding hydrogens is 326 g/mol. The predicted molar refractivity (Wildman–Crippen MR) is 91.9 cm³/mol. The van der Waals surface area contributed by atoms with E-state index in [1.54, 1.807) is 14.0 Å². The fraction of sp³-hybridized carbons (Fsp3) is 0.389. The third-order valence-electron chi connectivity index (χ3n) is 3.74. The molecule has 0 aliphatic heterocycles. The topological polar surface area (TPSA) is 87.9 Å². The van der Waals surface area contributed by atoms with Crippen LogP contribution in [0.1, 0.15) is 25.3 Å². The van der Waals surface area contributed by atoms with Crippen LogP contribution in [0, 0.1) is 10.1 Å². The minimum atomic E-state index is -0.814. The molecule has 0 fully saturated rings. The van der Waals surface area contributed by atoms with Crippen LogP contribution in [0.15, 0.2) is 36.4 Å². The zero-order valence-corrected chi connectivity index (χ0v) is 14.3. The summed E-state index contributed by atoms with van der Waals surface area (Å²) in [6.45, 7) is 1.82. The fourth-order valence-electron chi connectivity index (χ4n) is 2.48. The third-order valence-corrected chi connectivity index (χ3v) is 3.74. The molecule has 2 aromatic carbocycles. The zero-order chi connectivity index (χ0) is 18.2. The number of nitrogens with zero attached hydrogens (tertiary/aromatic N) is 1. The first-order chi connectivity index (χ1) is 12.0. The lowest BCUT2D eigenvalue weighted by atomic mass is 10.0. The Labute approximate surface area is 145 Å². The number of carbonyl (C=O) groups excluding carboxylic acids is 1. The van der Waals surface area contributed by atoms with Crippen molar-refractivity contribution in [3.05, 3.63) is 52.1 Å². The van der Waals surface area contributed by atoms with Gasteiger partial charge in [0.25, 0.3) is 5.09 Å². The van der Waals surface area contributed by atoms with Gasteiger partial charge in [-0.3, -0.25) is 4.79 Å². The van der Waals surface area contributed by atoms with Crippen molar-refractivity contribution in [1.82, 2.24) is 0 Å².